The molecule has 37 heavy (non-hydrogen) atoms. The van der Waals surface area contributed by atoms with E-state index in [1.807, 2.05) is 12.1 Å². The van der Waals surface area contributed by atoms with Crippen LogP contribution in [-0.4, -0.2) is 0 Å². The number of ether oxygens (including phenoxy) is 1. The van der Waals surface area contributed by atoms with Crippen molar-refractivity contribution in [2.75, 3.05) is 4.90 Å². The highest BCUT2D eigenvalue weighted by Crippen LogP contribution is 2.56. The van der Waals surface area contributed by atoms with E-state index < -0.39 is 0 Å². The molecule has 0 unspecified atom stereocenters. The van der Waals surface area contributed by atoms with Crippen LogP contribution < -0.4 is 14.2 Å². The molecule has 0 saturated carbocycles. The van der Waals surface area contributed by atoms with Gasteiger partial charge in [0.2, 0.25) is 23.4 Å². The van der Waals surface area contributed by atoms with E-state index in [9.17, 15) is 0 Å². The van der Waals surface area contributed by atoms with E-state index in [0.29, 0.717) is 11.8 Å². The molecule has 4 nitrogen and oxygen atoms in total. The van der Waals surface area contributed by atoms with Gasteiger partial charge in [0.25, 0.3) is 0 Å². The third-order valence-electron chi connectivity index (χ3n) is 7.39. The molecule has 0 amide bonds. The van der Waals surface area contributed by atoms with E-state index in [-0.39, 0.29) is 0 Å². The molecule has 1 aliphatic rings. The van der Waals surface area contributed by atoms with E-state index in [0.717, 1.165) is 39.7 Å². The second-order valence-corrected chi connectivity index (χ2v) is 10.6. The molecule has 1 aliphatic heterocycles. The third kappa shape index (κ3) is 3.71. The summed E-state index contributed by atoms with van der Waals surface area (Å²) in [6, 6.07) is 25.6. The molecule has 3 aromatic carbocycles. The van der Waals surface area contributed by atoms with E-state index >= 15 is 0 Å². The second kappa shape index (κ2) is 8.81. The van der Waals surface area contributed by atoms with Gasteiger partial charge in [-0.15, -0.1) is 0 Å². The molecule has 0 spiro atoms. The molecule has 5 aromatic rings. The van der Waals surface area contributed by atoms with E-state index in [1.165, 1.54) is 27.9 Å². The number of pyridine rings is 1. The zero-order valence-corrected chi connectivity index (χ0v) is 22.4. The zero-order valence-electron chi connectivity index (χ0n) is 22.4. The Kier molecular flexibility index (Phi) is 5.56. The van der Waals surface area contributed by atoms with Crippen molar-refractivity contribution in [2.24, 2.45) is 7.05 Å². The van der Waals surface area contributed by atoms with Gasteiger partial charge >= 0.3 is 0 Å². The molecule has 0 fully saturated rings. The summed E-state index contributed by atoms with van der Waals surface area (Å²) in [5.74, 6) is 3.02. The number of nitrogens with zero attached hydrogens (tertiary/aromatic N) is 2. The average molecular weight is 490 g/mol. The largest absolute Gasteiger partial charge is 0.449 e. The van der Waals surface area contributed by atoms with Crippen LogP contribution in [0.4, 0.5) is 17.3 Å². The maximum atomic E-state index is 6.67. The Morgan fingerprint density at radius 3 is 2.19 bits per heavy atom. The van der Waals surface area contributed by atoms with Gasteiger partial charge in [0, 0.05) is 11.6 Å². The zero-order chi connectivity index (χ0) is 25.8. The fourth-order valence-electron chi connectivity index (χ4n) is 5.46. The lowest BCUT2D eigenvalue weighted by atomic mass is 9.91. The lowest BCUT2D eigenvalue weighted by molar-refractivity contribution is -0.659. The summed E-state index contributed by atoms with van der Waals surface area (Å²) < 4.78 is 15.4. The van der Waals surface area contributed by atoms with Crippen LogP contribution in [0.25, 0.3) is 22.2 Å². The number of benzene rings is 3. The number of aryl methyl sites for hydroxylation is 2. The van der Waals surface area contributed by atoms with Crippen molar-refractivity contribution in [1.82, 2.24) is 0 Å². The van der Waals surface area contributed by atoms with Gasteiger partial charge in [-0.2, -0.15) is 4.57 Å². The highest BCUT2D eigenvalue weighted by molar-refractivity contribution is 5.98. The van der Waals surface area contributed by atoms with Gasteiger partial charge in [-0.1, -0.05) is 76.2 Å². The van der Waals surface area contributed by atoms with Crippen LogP contribution in [0, 0.1) is 6.92 Å². The van der Waals surface area contributed by atoms with E-state index in [2.05, 4.69) is 118 Å². The number of anilines is 3. The molecule has 0 atom stereocenters. The topological polar surface area (TPSA) is 29.5 Å². The minimum absolute atomic E-state index is 0.349. The van der Waals surface area contributed by atoms with Crippen molar-refractivity contribution in [3.63, 3.8) is 0 Å². The van der Waals surface area contributed by atoms with Gasteiger partial charge in [0.15, 0.2) is 11.5 Å². The van der Waals surface area contributed by atoms with Gasteiger partial charge < -0.3 is 9.15 Å². The summed E-state index contributed by atoms with van der Waals surface area (Å²) >= 11 is 0. The normalized spacial score (nSPS) is 12.7. The summed E-state index contributed by atoms with van der Waals surface area (Å²) in [7, 11) is 2.07. The Morgan fingerprint density at radius 1 is 0.811 bits per heavy atom. The first-order valence-electron chi connectivity index (χ1n) is 13.1. The number of furan rings is 1. The van der Waals surface area contributed by atoms with Gasteiger partial charge in [-0.3, -0.25) is 4.90 Å². The minimum Gasteiger partial charge on any atom is -0.449 e. The first-order valence-corrected chi connectivity index (χ1v) is 13.1. The van der Waals surface area contributed by atoms with E-state index in [4.69, 9.17) is 9.15 Å². The van der Waals surface area contributed by atoms with Gasteiger partial charge in [0.05, 0.1) is 16.8 Å². The SMILES string of the molecule is Cc1ccccc1-c1cc2c3c(oc2c[n+]1C)N(c1c(C(C)C)cccc1C(C)C)c1ccccc1O3. The molecular weight excluding hydrogens is 456 g/mol. The Bertz CT molecular complexity index is 1620. The average Bonchev–Trinajstić information content (AvgIpc) is 3.23. The molecule has 0 bridgehead atoms. The van der Waals surface area contributed by atoms with Crippen molar-refractivity contribution in [3.05, 3.63) is 95.7 Å². The van der Waals surface area contributed by atoms with Crippen molar-refractivity contribution < 1.29 is 13.7 Å². The molecular formula is C33H33N2O2+. The summed E-state index contributed by atoms with van der Waals surface area (Å²) in [5.41, 5.74) is 9.11. The molecule has 2 aromatic heterocycles. The highest BCUT2D eigenvalue weighted by Gasteiger charge is 2.35. The second-order valence-electron chi connectivity index (χ2n) is 10.6. The van der Waals surface area contributed by atoms with Crippen molar-refractivity contribution >= 4 is 28.2 Å². The number of para-hydroxylation sites is 3. The standard InChI is InChI=1S/C33H33N2O2/c1-20(2)23-14-11-15-24(21(3)4)31(23)35-27-16-9-10-17-29(27)36-32-26-18-28(25-13-8-7-12-22(25)5)34(6)19-30(26)37-33(32)35/h7-21H,1-6H3/q+1. The highest BCUT2D eigenvalue weighted by atomic mass is 16.5. The quantitative estimate of drug-likeness (QED) is 0.231. The van der Waals surface area contributed by atoms with Crippen LogP contribution in [0.3, 0.4) is 0 Å². The molecule has 6 rings (SSSR count). The fraction of sp³-hybridized carbons (Fsp3) is 0.242. The van der Waals surface area contributed by atoms with Crippen molar-refractivity contribution in [1.29, 1.82) is 0 Å². The minimum atomic E-state index is 0.349. The molecule has 0 aliphatic carbocycles. The number of fused-ring (bicyclic) bond motifs is 4. The summed E-state index contributed by atoms with van der Waals surface area (Å²) in [5, 5.41) is 0.971. The lowest BCUT2D eigenvalue weighted by Crippen LogP contribution is -2.30. The smallest absolute Gasteiger partial charge is 0.249 e. The van der Waals surface area contributed by atoms with Crippen molar-refractivity contribution in [3.8, 4) is 22.8 Å². The van der Waals surface area contributed by atoms with Crippen LogP contribution in [0.2, 0.25) is 0 Å². The van der Waals surface area contributed by atoms with Gasteiger partial charge in [-0.05, 0) is 53.6 Å². The molecule has 0 saturated heterocycles. The Balaban J connectivity index is 1.66. The van der Waals surface area contributed by atoms with Gasteiger partial charge in [-0.25, -0.2) is 0 Å². The molecule has 0 N–H and O–H groups in total. The third-order valence-corrected chi connectivity index (χ3v) is 7.39. The lowest BCUT2D eigenvalue weighted by Gasteiger charge is -2.33. The van der Waals surface area contributed by atoms with Gasteiger partial charge in [0.1, 0.15) is 7.05 Å². The first kappa shape index (κ1) is 23.4. The predicted molar refractivity (Wildman–Crippen MR) is 150 cm³/mol. The number of rotatable bonds is 4. The summed E-state index contributed by atoms with van der Waals surface area (Å²) in [6.45, 7) is 11.2. The first-order chi connectivity index (χ1) is 17.8. The molecule has 4 heteroatoms. The molecule has 3 heterocycles. The number of hydrogen-bond acceptors (Lipinski definition) is 3. The number of aromatic nitrogens is 1. The van der Waals surface area contributed by atoms with Crippen LogP contribution in [0.15, 0.2) is 83.4 Å². The predicted octanol–water partition coefficient (Wildman–Crippen LogP) is 9.06. The molecule has 0 radical (unpaired) electrons. The van der Waals surface area contributed by atoms with Crippen molar-refractivity contribution in [2.45, 2.75) is 46.5 Å². The fourth-order valence-corrected chi connectivity index (χ4v) is 5.46. The van der Waals surface area contributed by atoms with Crippen LogP contribution in [0.5, 0.6) is 11.5 Å². The Labute approximate surface area is 218 Å². The summed E-state index contributed by atoms with van der Waals surface area (Å²) in [6.07, 6.45) is 2.07. The molecule has 186 valence electrons. The Morgan fingerprint density at radius 2 is 1.49 bits per heavy atom. The Hall–Kier alpha value is -4.05. The maximum absolute atomic E-state index is 6.67. The monoisotopic (exact) mass is 489 g/mol. The maximum Gasteiger partial charge on any atom is 0.249 e. The number of hydrogen-bond donors (Lipinski definition) is 0. The van der Waals surface area contributed by atoms with Crippen LogP contribution in [0.1, 0.15) is 56.2 Å². The van der Waals surface area contributed by atoms with Crippen LogP contribution >= 0.6 is 0 Å². The van der Waals surface area contributed by atoms with E-state index in [1.54, 1.807) is 0 Å². The summed E-state index contributed by atoms with van der Waals surface area (Å²) in [4.78, 5) is 2.28. The van der Waals surface area contributed by atoms with Crippen LogP contribution in [-0.2, 0) is 7.05 Å².